The number of methoxy groups -OCH3 is 1. The van der Waals surface area contributed by atoms with E-state index in [0.29, 0.717) is 5.69 Å². The summed E-state index contributed by atoms with van der Waals surface area (Å²) >= 11 is 0. The quantitative estimate of drug-likeness (QED) is 0.466. The van der Waals surface area contributed by atoms with Gasteiger partial charge in [-0.1, -0.05) is 24.3 Å². The van der Waals surface area contributed by atoms with Crippen LogP contribution in [0.25, 0.3) is 27.8 Å². The molecule has 0 spiro atoms. The lowest BCUT2D eigenvalue weighted by Gasteiger charge is -2.29. The average Bonchev–Trinajstić information content (AvgIpc) is 3.25. The highest BCUT2D eigenvalue weighted by Crippen LogP contribution is 2.36. The zero-order valence-corrected chi connectivity index (χ0v) is 18.9. The van der Waals surface area contributed by atoms with Gasteiger partial charge in [-0.3, -0.25) is 0 Å². The maximum atomic E-state index is 9.70. The third kappa shape index (κ3) is 4.45. The minimum absolute atomic E-state index is 0.124. The molecule has 3 heterocycles. The lowest BCUT2D eigenvalue weighted by molar-refractivity contribution is 0.0832. The van der Waals surface area contributed by atoms with Gasteiger partial charge in [-0.2, -0.15) is 0 Å². The molecule has 0 saturated carbocycles. The van der Waals surface area contributed by atoms with Gasteiger partial charge in [-0.05, 0) is 60.7 Å². The highest BCUT2D eigenvalue weighted by atomic mass is 16.5. The van der Waals surface area contributed by atoms with Crippen LogP contribution in [0.4, 0.5) is 5.69 Å². The Morgan fingerprint density at radius 2 is 1.88 bits per heavy atom. The van der Waals surface area contributed by atoms with Gasteiger partial charge in [0.1, 0.15) is 11.4 Å². The SMILES string of the molecule is COc1cccc(-c2cn(-c3ccc(CCN4CCC(O)CC4)cc3)c3nccc(N)c23)c1. The maximum absolute atomic E-state index is 9.70. The van der Waals surface area contributed by atoms with Gasteiger partial charge < -0.3 is 25.0 Å². The van der Waals surface area contributed by atoms with E-state index in [1.54, 1.807) is 13.3 Å². The molecular weight excluding hydrogens is 412 g/mol. The van der Waals surface area contributed by atoms with Crippen LogP contribution in [0.15, 0.2) is 67.0 Å². The lowest BCUT2D eigenvalue weighted by Crippen LogP contribution is -2.37. The Morgan fingerprint density at radius 1 is 1.09 bits per heavy atom. The molecule has 0 amide bonds. The number of likely N-dealkylation sites (tertiary alicyclic amines) is 1. The van der Waals surface area contributed by atoms with Crippen LogP contribution in [-0.4, -0.2) is 52.4 Å². The average molecular weight is 443 g/mol. The van der Waals surface area contributed by atoms with E-state index >= 15 is 0 Å². The number of aliphatic hydroxyl groups is 1. The van der Waals surface area contributed by atoms with Crippen LogP contribution >= 0.6 is 0 Å². The third-order valence-corrected chi connectivity index (χ3v) is 6.59. The normalized spacial score (nSPS) is 15.2. The topological polar surface area (TPSA) is 76.5 Å². The van der Waals surface area contributed by atoms with Crippen molar-refractivity contribution in [1.29, 1.82) is 0 Å². The molecule has 2 aromatic heterocycles. The van der Waals surface area contributed by atoms with Crippen LogP contribution in [0, 0.1) is 0 Å². The number of anilines is 1. The Morgan fingerprint density at radius 3 is 2.64 bits per heavy atom. The Balaban J connectivity index is 1.43. The molecule has 0 atom stereocenters. The van der Waals surface area contributed by atoms with E-state index in [-0.39, 0.29) is 6.10 Å². The number of nitrogen functional groups attached to an aromatic ring is 1. The first-order valence-electron chi connectivity index (χ1n) is 11.5. The van der Waals surface area contributed by atoms with Crippen LogP contribution in [-0.2, 0) is 6.42 Å². The van der Waals surface area contributed by atoms with Gasteiger partial charge in [0, 0.05) is 49.0 Å². The number of benzene rings is 2. The van der Waals surface area contributed by atoms with Crippen molar-refractivity contribution in [2.24, 2.45) is 0 Å². The Hall–Kier alpha value is -3.35. The fourth-order valence-corrected chi connectivity index (χ4v) is 4.64. The fraction of sp³-hybridized carbons (Fsp3) is 0.296. The van der Waals surface area contributed by atoms with E-state index in [4.69, 9.17) is 10.5 Å². The van der Waals surface area contributed by atoms with Crippen LogP contribution in [0.3, 0.4) is 0 Å². The Labute approximate surface area is 194 Å². The predicted molar refractivity (Wildman–Crippen MR) is 133 cm³/mol. The molecule has 6 nitrogen and oxygen atoms in total. The first-order chi connectivity index (χ1) is 16.1. The minimum Gasteiger partial charge on any atom is -0.497 e. The molecule has 1 fully saturated rings. The van der Waals surface area contributed by atoms with Gasteiger partial charge in [-0.25, -0.2) is 4.98 Å². The third-order valence-electron chi connectivity index (χ3n) is 6.59. The number of hydrogen-bond donors (Lipinski definition) is 2. The molecule has 6 heteroatoms. The number of nitrogens with two attached hydrogens (primary N) is 1. The number of piperidine rings is 1. The molecule has 4 aromatic rings. The molecule has 0 unspecified atom stereocenters. The summed E-state index contributed by atoms with van der Waals surface area (Å²) in [6, 6.07) is 18.5. The maximum Gasteiger partial charge on any atom is 0.147 e. The van der Waals surface area contributed by atoms with Gasteiger partial charge >= 0.3 is 0 Å². The van der Waals surface area contributed by atoms with Crippen molar-refractivity contribution >= 4 is 16.7 Å². The smallest absolute Gasteiger partial charge is 0.147 e. The fourth-order valence-electron chi connectivity index (χ4n) is 4.64. The summed E-state index contributed by atoms with van der Waals surface area (Å²) in [4.78, 5) is 7.10. The Bertz CT molecular complexity index is 1240. The van der Waals surface area contributed by atoms with Crippen molar-refractivity contribution in [1.82, 2.24) is 14.5 Å². The molecule has 3 N–H and O–H groups in total. The first kappa shape index (κ1) is 21.5. The van der Waals surface area contributed by atoms with Crippen LogP contribution in [0.2, 0.25) is 0 Å². The number of aliphatic hydroxyl groups excluding tert-OH is 1. The molecular formula is C27H30N4O2. The highest BCUT2D eigenvalue weighted by molar-refractivity contribution is 6.02. The second-order valence-electron chi connectivity index (χ2n) is 8.73. The number of ether oxygens (including phenoxy) is 1. The second-order valence-corrected chi connectivity index (χ2v) is 8.73. The molecule has 0 bridgehead atoms. The Kier molecular flexibility index (Phi) is 6.03. The van der Waals surface area contributed by atoms with Gasteiger partial charge in [0.25, 0.3) is 0 Å². The van der Waals surface area contributed by atoms with Crippen molar-refractivity contribution in [2.75, 3.05) is 32.5 Å². The summed E-state index contributed by atoms with van der Waals surface area (Å²) in [5, 5.41) is 10.6. The monoisotopic (exact) mass is 442 g/mol. The van der Waals surface area contributed by atoms with E-state index in [1.165, 1.54) is 5.56 Å². The first-order valence-corrected chi connectivity index (χ1v) is 11.5. The molecule has 1 saturated heterocycles. The van der Waals surface area contributed by atoms with Crippen molar-refractivity contribution in [3.8, 4) is 22.6 Å². The van der Waals surface area contributed by atoms with Gasteiger partial charge in [0.05, 0.1) is 18.6 Å². The summed E-state index contributed by atoms with van der Waals surface area (Å²) in [5.41, 5.74) is 12.4. The highest BCUT2D eigenvalue weighted by Gasteiger charge is 2.17. The van der Waals surface area contributed by atoms with E-state index in [2.05, 4.69) is 51.0 Å². The predicted octanol–water partition coefficient (Wildman–Crippen LogP) is 4.28. The van der Waals surface area contributed by atoms with Gasteiger partial charge in [0.2, 0.25) is 0 Å². The van der Waals surface area contributed by atoms with Gasteiger partial charge in [-0.15, -0.1) is 0 Å². The van der Waals surface area contributed by atoms with Crippen LogP contribution in [0.1, 0.15) is 18.4 Å². The summed E-state index contributed by atoms with van der Waals surface area (Å²) in [5.74, 6) is 0.809. The molecule has 1 aliphatic heterocycles. The summed E-state index contributed by atoms with van der Waals surface area (Å²) in [6.07, 6.45) is 6.51. The van der Waals surface area contributed by atoms with Gasteiger partial charge in [0.15, 0.2) is 0 Å². The number of fused-ring (bicyclic) bond motifs is 1. The molecule has 170 valence electrons. The molecule has 33 heavy (non-hydrogen) atoms. The summed E-state index contributed by atoms with van der Waals surface area (Å²) < 4.78 is 7.53. The lowest BCUT2D eigenvalue weighted by atomic mass is 10.0. The molecule has 0 aliphatic carbocycles. The largest absolute Gasteiger partial charge is 0.497 e. The van der Waals surface area contributed by atoms with Crippen molar-refractivity contribution < 1.29 is 9.84 Å². The van der Waals surface area contributed by atoms with E-state index in [9.17, 15) is 5.11 Å². The second kappa shape index (κ2) is 9.25. The van der Waals surface area contributed by atoms with E-state index in [1.807, 2.05) is 24.3 Å². The minimum atomic E-state index is -0.124. The summed E-state index contributed by atoms with van der Waals surface area (Å²) in [6.45, 7) is 2.99. The van der Waals surface area contributed by atoms with E-state index in [0.717, 1.165) is 72.5 Å². The number of hydrogen-bond acceptors (Lipinski definition) is 5. The number of pyridine rings is 1. The zero-order chi connectivity index (χ0) is 22.8. The van der Waals surface area contributed by atoms with E-state index < -0.39 is 0 Å². The van der Waals surface area contributed by atoms with Crippen molar-refractivity contribution in [3.63, 3.8) is 0 Å². The number of aromatic nitrogens is 2. The standard InChI is InChI=1S/C27H30N4O2/c1-33-23-4-2-3-20(17-23)24-18-31(27-26(24)25(28)9-13-29-27)21-7-5-19(6-8-21)10-14-30-15-11-22(32)12-16-30/h2-9,13,17-18,22,32H,10-12,14-16H2,1H3,(H2,28,29). The molecule has 5 rings (SSSR count). The van der Waals surface area contributed by atoms with Crippen LogP contribution < -0.4 is 10.5 Å². The number of nitrogens with zero attached hydrogens (tertiary/aromatic N) is 3. The molecule has 1 aliphatic rings. The van der Waals surface area contributed by atoms with Crippen LogP contribution in [0.5, 0.6) is 5.75 Å². The van der Waals surface area contributed by atoms with Crippen molar-refractivity contribution in [2.45, 2.75) is 25.4 Å². The molecule has 0 radical (unpaired) electrons. The zero-order valence-electron chi connectivity index (χ0n) is 18.9. The van der Waals surface area contributed by atoms with Crippen molar-refractivity contribution in [3.05, 3.63) is 72.6 Å². The number of rotatable bonds is 6. The molecule has 2 aromatic carbocycles. The summed E-state index contributed by atoms with van der Waals surface area (Å²) in [7, 11) is 1.68.